The molecule has 0 spiro atoms. The van der Waals surface area contributed by atoms with Crippen molar-refractivity contribution in [1.82, 2.24) is 14.6 Å². The summed E-state index contributed by atoms with van der Waals surface area (Å²) in [4.78, 5) is 37.0. The Morgan fingerprint density at radius 2 is 1.68 bits per heavy atom. The van der Waals surface area contributed by atoms with Crippen LogP contribution < -0.4 is 5.32 Å². The van der Waals surface area contributed by atoms with Crippen molar-refractivity contribution in [1.29, 1.82) is 0 Å². The number of carbonyl (C=O) groups excluding carboxylic acids is 1. The van der Waals surface area contributed by atoms with Crippen LogP contribution in [-0.4, -0.2) is 30.4 Å². The number of nitro benzene ring substituents is 2. The summed E-state index contributed by atoms with van der Waals surface area (Å²) < 4.78 is 40.3. The molecule has 0 radical (unpaired) electrons. The molecule has 0 unspecified atom stereocenters. The van der Waals surface area contributed by atoms with Crippen molar-refractivity contribution in [3.8, 4) is 0 Å². The number of amides is 1. The minimum Gasteiger partial charge on any atom is -0.320 e. The first kappa shape index (κ1) is 21.9. The van der Waals surface area contributed by atoms with Crippen LogP contribution >= 0.6 is 11.6 Å². The van der Waals surface area contributed by atoms with Crippen molar-refractivity contribution in [2.75, 3.05) is 5.32 Å². The van der Waals surface area contributed by atoms with E-state index in [-0.39, 0.29) is 16.9 Å². The highest BCUT2D eigenvalue weighted by molar-refractivity contribution is 6.37. The van der Waals surface area contributed by atoms with Gasteiger partial charge in [-0.3, -0.25) is 25.0 Å². The van der Waals surface area contributed by atoms with Crippen molar-refractivity contribution in [3.05, 3.63) is 66.1 Å². The highest BCUT2D eigenvalue weighted by Gasteiger charge is 2.36. The summed E-state index contributed by atoms with van der Waals surface area (Å²) in [6, 6.07) is 2.45. The van der Waals surface area contributed by atoms with E-state index in [1.165, 1.54) is 6.92 Å². The summed E-state index contributed by atoms with van der Waals surface area (Å²) in [5.41, 5.74) is -4.20. The molecule has 3 rings (SSSR count). The van der Waals surface area contributed by atoms with Gasteiger partial charge in [0, 0.05) is 17.8 Å². The fourth-order valence-electron chi connectivity index (χ4n) is 2.79. The molecule has 2 aromatic heterocycles. The first-order valence-electron chi connectivity index (χ1n) is 8.19. The molecule has 1 N–H and O–H groups in total. The monoisotopic (exact) mass is 458 g/mol. The second-order valence-electron chi connectivity index (χ2n) is 6.29. The Kier molecular flexibility index (Phi) is 5.27. The van der Waals surface area contributed by atoms with Crippen LogP contribution in [0.3, 0.4) is 0 Å². The zero-order chi connectivity index (χ0) is 23.2. The molecule has 1 amide bonds. The lowest BCUT2D eigenvalue weighted by atomic mass is 10.1. The molecule has 11 nitrogen and oxygen atoms in total. The van der Waals surface area contributed by atoms with Gasteiger partial charge in [-0.15, -0.1) is 0 Å². The number of rotatable bonds is 4. The molecule has 0 aliphatic carbocycles. The van der Waals surface area contributed by atoms with E-state index in [2.05, 4.69) is 15.4 Å². The highest BCUT2D eigenvalue weighted by atomic mass is 35.5. The van der Waals surface area contributed by atoms with Crippen molar-refractivity contribution >= 4 is 40.2 Å². The number of nitro groups is 2. The van der Waals surface area contributed by atoms with E-state index < -0.39 is 55.4 Å². The fourth-order valence-corrected chi connectivity index (χ4v) is 3.03. The van der Waals surface area contributed by atoms with Gasteiger partial charge in [0.1, 0.15) is 16.3 Å². The smallest absolute Gasteiger partial charge is 0.320 e. The molecule has 3 aromatic rings. The molecule has 0 aliphatic heterocycles. The van der Waals surface area contributed by atoms with Gasteiger partial charge in [-0.05, 0) is 19.9 Å². The van der Waals surface area contributed by atoms with Crippen LogP contribution in [0.5, 0.6) is 0 Å². The highest BCUT2D eigenvalue weighted by Crippen LogP contribution is 2.34. The number of benzene rings is 1. The zero-order valence-corrected chi connectivity index (χ0v) is 16.3. The predicted octanol–water partition coefficient (Wildman–Crippen LogP) is 4.09. The zero-order valence-electron chi connectivity index (χ0n) is 15.5. The Morgan fingerprint density at radius 1 is 1.13 bits per heavy atom. The van der Waals surface area contributed by atoms with Crippen LogP contribution in [0.15, 0.2) is 18.2 Å². The number of nitrogens with one attached hydrogen (secondary N) is 1. The van der Waals surface area contributed by atoms with Crippen molar-refractivity contribution < 1.29 is 27.8 Å². The molecule has 0 saturated carbocycles. The van der Waals surface area contributed by atoms with Gasteiger partial charge in [-0.1, -0.05) is 11.6 Å². The van der Waals surface area contributed by atoms with E-state index >= 15 is 0 Å². The van der Waals surface area contributed by atoms with E-state index in [1.807, 2.05) is 0 Å². The summed E-state index contributed by atoms with van der Waals surface area (Å²) in [7, 11) is 0. The van der Waals surface area contributed by atoms with Gasteiger partial charge in [0.05, 0.1) is 15.5 Å². The lowest BCUT2D eigenvalue weighted by Gasteiger charge is -2.09. The number of carbonyl (C=O) groups is 1. The average Bonchev–Trinajstić information content (AvgIpc) is 2.97. The lowest BCUT2D eigenvalue weighted by Crippen LogP contribution is -2.16. The summed E-state index contributed by atoms with van der Waals surface area (Å²) in [6.07, 6.45) is -4.83. The second-order valence-corrected chi connectivity index (χ2v) is 6.66. The Labute approximate surface area is 174 Å². The summed E-state index contributed by atoms with van der Waals surface area (Å²) >= 11 is 6.01. The Morgan fingerprint density at radius 3 is 2.16 bits per heavy atom. The molecular weight excluding hydrogens is 449 g/mol. The number of aryl methyl sites for hydroxylation is 1. The number of halogens is 4. The minimum atomic E-state index is -4.83. The normalized spacial score (nSPS) is 11.5. The molecule has 0 aliphatic rings. The van der Waals surface area contributed by atoms with E-state index in [9.17, 15) is 38.2 Å². The molecule has 162 valence electrons. The summed E-state index contributed by atoms with van der Waals surface area (Å²) in [5.74, 6) is -1.14. The topological polar surface area (TPSA) is 146 Å². The fraction of sp³-hybridized carbons (Fsp3) is 0.188. The Hall–Kier alpha value is -3.81. The van der Waals surface area contributed by atoms with Crippen LogP contribution in [-0.2, 0) is 6.18 Å². The maximum absolute atomic E-state index is 13.3. The molecule has 0 atom stereocenters. The lowest BCUT2D eigenvalue weighted by molar-refractivity contribution is -0.395. The number of hydrogen-bond donors (Lipinski definition) is 1. The van der Waals surface area contributed by atoms with E-state index in [4.69, 9.17) is 11.6 Å². The quantitative estimate of drug-likeness (QED) is 0.457. The average molecular weight is 459 g/mol. The first-order valence-corrected chi connectivity index (χ1v) is 8.57. The number of alkyl halides is 3. The standard InChI is InChI=1S/C16H10ClF3N6O5/c1-6-3-11(16(18,19)20)24-14(21-6)12(17)13(23-24)15(27)22-8-4-9(25(28)29)7(2)10(5-8)26(30)31/h3-5H,1-2H3,(H,22,27). The second kappa shape index (κ2) is 7.46. The van der Waals surface area contributed by atoms with Crippen molar-refractivity contribution in [3.63, 3.8) is 0 Å². The molecule has 1 aromatic carbocycles. The van der Waals surface area contributed by atoms with Crippen LogP contribution in [0, 0.1) is 34.1 Å². The van der Waals surface area contributed by atoms with Crippen molar-refractivity contribution in [2.24, 2.45) is 0 Å². The minimum absolute atomic E-state index is 0.0293. The maximum Gasteiger partial charge on any atom is 0.433 e. The third kappa shape index (κ3) is 3.96. The van der Waals surface area contributed by atoms with Gasteiger partial charge >= 0.3 is 6.18 Å². The molecule has 0 saturated heterocycles. The number of fused-ring (bicyclic) bond motifs is 1. The van der Waals surface area contributed by atoms with E-state index in [0.717, 1.165) is 19.1 Å². The molecule has 31 heavy (non-hydrogen) atoms. The van der Waals surface area contributed by atoms with Crippen LogP contribution in [0.2, 0.25) is 5.02 Å². The van der Waals surface area contributed by atoms with Crippen LogP contribution in [0.1, 0.15) is 27.4 Å². The molecule has 0 bridgehead atoms. The van der Waals surface area contributed by atoms with E-state index in [1.54, 1.807) is 0 Å². The molecule has 0 fully saturated rings. The molecule has 15 heteroatoms. The molecule has 2 heterocycles. The van der Waals surface area contributed by atoms with Gasteiger partial charge < -0.3 is 5.32 Å². The Balaban J connectivity index is 2.10. The van der Waals surface area contributed by atoms with E-state index in [0.29, 0.717) is 10.6 Å². The SMILES string of the molecule is Cc1cc(C(F)(F)F)n2nc(C(=O)Nc3cc([N+](=O)[O-])c(C)c([N+](=O)[O-])c3)c(Cl)c2n1. The first-order chi connectivity index (χ1) is 14.3. The number of nitrogens with zero attached hydrogens (tertiary/aromatic N) is 5. The molecular formula is C16H10ClF3N6O5. The number of aromatic nitrogens is 3. The van der Waals surface area contributed by atoms with Gasteiger partial charge in [-0.2, -0.15) is 18.3 Å². The third-order valence-electron chi connectivity index (χ3n) is 4.17. The van der Waals surface area contributed by atoms with Gasteiger partial charge in [0.25, 0.3) is 17.3 Å². The van der Waals surface area contributed by atoms with Crippen LogP contribution in [0.25, 0.3) is 5.65 Å². The van der Waals surface area contributed by atoms with Gasteiger partial charge in [0.2, 0.25) is 0 Å². The van der Waals surface area contributed by atoms with Crippen molar-refractivity contribution in [2.45, 2.75) is 20.0 Å². The van der Waals surface area contributed by atoms with Gasteiger partial charge in [0.15, 0.2) is 11.3 Å². The Bertz CT molecular complexity index is 1240. The number of hydrogen-bond acceptors (Lipinski definition) is 7. The predicted molar refractivity (Wildman–Crippen MR) is 100 cm³/mol. The van der Waals surface area contributed by atoms with Gasteiger partial charge in [-0.25, -0.2) is 9.50 Å². The maximum atomic E-state index is 13.3. The summed E-state index contributed by atoms with van der Waals surface area (Å²) in [6.45, 7) is 2.45. The van der Waals surface area contributed by atoms with Crippen LogP contribution in [0.4, 0.5) is 30.2 Å². The summed E-state index contributed by atoms with van der Waals surface area (Å²) in [5, 5.41) is 27.5. The third-order valence-corrected chi connectivity index (χ3v) is 4.52. The largest absolute Gasteiger partial charge is 0.433 e. The number of anilines is 1.